The maximum Gasteiger partial charge on any atom is 0.416 e. The van der Waals surface area contributed by atoms with Gasteiger partial charge in [-0.1, -0.05) is 0 Å². The fraction of sp³-hybridized carbons (Fsp3) is 0.273. The van der Waals surface area contributed by atoms with Gasteiger partial charge >= 0.3 is 12.1 Å². The quantitative estimate of drug-likeness (QED) is 0.783. The number of nitrogens with zero attached hydrogens (tertiary/aromatic N) is 1. The number of rotatable bonds is 2. The summed E-state index contributed by atoms with van der Waals surface area (Å²) in [6.07, 6.45) is -4.60. The Bertz CT molecular complexity index is 520. The Morgan fingerprint density at radius 3 is 2.56 bits per heavy atom. The molecule has 0 heterocycles. The number of esters is 1. The van der Waals surface area contributed by atoms with E-state index in [1.165, 1.54) is 6.92 Å². The summed E-state index contributed by atoms with van der Waals surface area (Å²) in [4.78, 5) is 11.5. The highest BCUT2D eigenvalue weighted by atomic mass is 79.9. The molecular formula is C11H7BrF3NO2. The van der Waals surface area contributed by atoms with E-state index in [4.69, 9.17) is 5.26 Å². The number of benzene rings is 1. The molecule has 0 aliphatic heterocycles. The normalized spacial score (nSPS) is 10.9. The molecule has 0 aliphatic carbocycles. The van der Waals surface area contributed by atoms with Gasteiger partial charge in [-0.25, -0.2) is 4.79 Å². The summed E-state index contributed by atoms with van der Waals surface area (Å²) in [5.74, 6) is -0.958. The molecule has 1 rings (SSSR count). The number of halogens is 4. The first kappa shape index (κ1) is 14.5. The minimum Gasteiger partial charge on any atom is -0.462 e. The van der Waals surface area contributed by atoms with Crippen molar-refractivity contribution in [2.24, 2.45) is 0 Å². The SMILES string of the molecule is CCOC(=O)c1cc(C(F)(F)F)cc(Br)c1C#N. The molecule has 0 unspecified atom stereocenters. The lowest BCUT2D eigenvalue weighted by Crippen LogP contribution is -2.12. The van der Waals surface area contributed by atoms with Crippen LogP contribution in [0.4, 0.5) is 13.2 Å². The van der Waals surface area contributed by atoms with Crippen LogP contribution in [-0.2, 0) is 10.9 Å². The molecular weight excluding hydrogens is 315 g/mol. The summed E-state index contributed by atoms with van der Waals surface area (Å²) in [5, 5.41) is 8.84. The van der Waals surface area contributed by atoms with E-state index in [1.54, 1.807) is 6.07 Å². The van der Waals surface area contributed by atoms with Crippen LogP contribution in [0.2, 0.25) is 0 Å². The van der Waals surface area contributed by atoms with Crippen LogP contribution in [0.1, 0.15) is 28.4 Å². The third kappa shape index (κ3) is 3.01. The molecule has 1 aromatic rings. The van der Waals surface area contributed by atoms with Crippen molar-refractivity contribution in [3.05, 3.63) is 33.3 Å². The van der Waals surface area contributed by atoms with E-state index in [0.717, 1.165) is 6.07 Å². The van der Waals surface area contributed by atoms with Gasteiger partial charge < -0.3 is 4.74 Å². The summed E-state index contributed by atoms with van der Waals surface area (Å²) in [7, 11) is 0. The third-order valence-corrected chi connectivity index (χ3v) is 2.65. The number of nitriles is 1. The smallest absolute Gasteiger partial charge is 0.416 e. The molecule has 96 valence electrons. The molecule has 0 amide bonds. The highest BCUT2D eigenvalue weighted by Gasteiger charge is 2.33. The number of ether oxygens (including phenoxy) is 1. The van der Waals surface area contributed by atoms with E-state index >= 15 is 0 Å². The van der Waals surface area contributed by atoms with Gasteiger partial charge in [0.1, 0.15) is 6.07 Å². The average Bonchev–Trinajstić information content (AvgIpc) is 2.27. The monoisotopic (exact) mass is 321 g/mol. The van der Waals surface area contributed by atoms with Crippen molar-refractivity contribution in [1.82, 2.24) is 0 Å². The number of alkyl halides is 3. The van der Waals surface area contributed by atoms with Gasteiger partial charge in [0, 0.05) is 4.47 Å². The van der Waals surface area contributed by atoms with Crippen molar-refractivity contribution in [3.63, 3.8) is 0 Å². The molecule has 0 bridgehead atoms. The second-order valence-corrected chi connectivity index (χ2v) is 4.06. The lowest BCUT2D eigenvalue weighted by atomic mass is 10.0. The largest absolute Gasteiger partial charge is 0.462 e. The third-order valence-electron chi connectivity index (χ3n) is 2.02. The highest BCUT2D eigenvalue weighted by molar-refractivity contribution is 9.10. The van der Waals surface area contributed by atoms with Crippen molar-refractivity contribution in [2.45, 2.75) is 13.1 Å². The first-order chi connectivity index (χ1) is 8.31. The Hall–Kier alpha value is -1.55. The Morgan fingerprint density at radius 2 is 2.11 bits per heavy atom. The van der Waals surface area contributed by atoms with Crippen molar-refractivity contribution in [2.75, 3.05) is 6.61 Å². The second kappa shape index (κ2) is 5.40. The van der Waals surface area contributed by atoms with Gasteiger partial charge in [-0.15, -0.1) is 0 Å². The zero-order valence-electron chi connectivity index (χ0n) is 9.14. The first-order valence-electron chi connectivity index (χ1n) is 4.79. The Kier molecular flexibility index (Phi) is 4.35. The maximum absolute atomic E-state index is 12.6. The molecule has 0 saturated carbocycles. The zero-order valence-corrected chi connectivity index (χ0v) is 10.7. The van der Waals surface area contributed by atoms with Crippen molar-refractivity contribution in [3.8, 4) is 6.07 Å². The van der Waals surface area contributed by atoms with E-state index < -0.39 is 23.3 Å². The Morgan fingerprint density at radius 1 is 1.50 bits per heavy atom. The number of carbonyl (C=O) groups is 1. The van der Waals surface area contributed by atoms with Crippen LogP contribution in [0.15, 0.2) is 16.6 Å². The fourth-order valence-corrected chi connectivity index (χ4v) is 1.80. The summed E-state index contributed by atoms with van der Waals surface area (Å²) >= 11 is 2.84. The van der Waals surface area contributed by atoms with Crippen LogP contribution in [0.3, 0.4) is 0 Å². The predicted octanol–water partition coefficient (Wildman–Crippen LogP) is 3.52. The molecule has 0 aliphatic rings. The van der Waals surface area contributed by atoms with Gasteiger partial charge in [0.2, 0.25) is 0 Å². The topological polar surface area (TPSA) is 50.1 Å². The van der Waals surface area contributed by atoms with Crippen LogP contribution >= 0.6 is 15.9 Å². The maximum atomic E-state index is 12.6. The molecule has 3 nitrogen and oxygen atoms in total. The standard InChI is InChI=1S/C11H7BrF3NO2/c1-2-18-10(17)7-3-6(11(13,14)15)4-9(12)8(7)5-16/h3-4H,2H2,1H3. The number of hydrogen-bond donors (Lipinski definition) is 0. The lowest BCUT2D eigenvalue weighted by Gasteiger charge is -2.11. The first-order valence-corrected chi connectivity index (χ1v) is 5.58. The molecule has 0 N–H and O–H groups in total. The Balaban J connectivity index is 3.43. The molecule has 18 heavy (non-hydrogen) atoms. The summed E-state index contributed by atoms with van der Waals surface area (Å²) in [6.45, 7) is 1.53. The van der Waals surface area contributed by atoms with Gasteiger partial charge in [-0.2, -0.15) is 18.4 Å². The average molecular weight is 322 g/mol. The fourth-order valence-electron chi connectivity index (χ4n) is 1.25. The van der Waals surface area contributed by atoms with Gasteiger partial charge in [0.05, 0.1) is 23.3 Å². The zero-order chi connectivity index (χ0) is 13.9. The van der Waals surface area contributed by atoms with E-state index in [9.17, 15) is 18.0 Å². The van der Waals surface area contributed by atoms with E-state index in [2.05, 4.69) is 20.7 Å². The molecule has 0 fully saturated rings. The molecule has 0 saturated heterocycles. The van der Waals surface area contributed by atoms with Gasteiger partial charge in [-0.3, -0.25) is 0 Å². The van der Waals surface area contributed by atoms with Crippen molar-refractivity contribution >= 4 is 21.9 Å². The molecule has 1 aromatic carbocycles. The van der Waals surface area contributed by atoms with Crippen molar-refractivity contribution in [1.29, 1.82) is 5.26 Å². The van der Waals surface area contributed by atoms with Crippen LogP contribution < -0.4 is 0 Å². The summed E-state index contributed by atoms with van der Waals surface area (Å²) < 4.78 is 42.3. The van der Waals surface area contributed by atoms with E-state index in [-0.39, 0.29) is 16.6 Å². The van der Waals surface area contributed by atoms with E-state index in [1.807, 2.05) is 0 Å². The van der Waals surface area contributed by atoms with Gasteiger partial charge in [0.15, 0.2) is 0 Å². The number of carbonyl (C=O) groups excluding carboxylic acids is 1. The molecule has 0 radical (unpaired) electrons. The molecule has 7 heteroatoms. The van der Waals surface area contributed by atoms with Crippen LogP contribution in [0.25, 0.3) is 0 Å². The minimum absolute atomic E-state index is 0.0115. The Labute approximate surface area is 109 Å². The predicted molar refractivity (Wildman–Crippen MR) is 59.8 cm³/mol. The number of hydrogen-bond acceptors (Lipinski definition) is 3. The van der Waals surface area contributed by atoms with Gasteiger partial charge in [-0.05, 0) is 35.0 Å². The van der Waals surface area contributed by atoms with Gasteiger partial charge in [0.25, 0.3) is 0 Å². The lowest BCUT2D eigenvalue weighted by molar-refractivity contribution is -0.137. The summed E-state index contributed by atoms with van der Waals surface area (Å²) in [5.41, 5.74) is -1.60. The van der Waals surface area contributed by atoms with Crippen LogP contribution in [0, 0.1) is 11.3 Å². The molecule has 0 aromatic heterocycles. The highest BCUT2D eigenvalue weighted by Crippen LogP contribution is 2.34. The molecule has 0 atom stereocenters. The summed E-state index contributed by atoms with van der Waals surface area (Å²) in [6, 6.07) is 3.03. The second-order valence-electron chi connectivity index (χ2n) is 3.21. The molecule has 0 spiro atoms. The van der Waals surface area contributed by atoms with Crippen LogP contribution in [0.5, 0.6) is 0 Å². The minimum atomic E-state index is -4.60. The van der Waals surface area contributed by atoms with Crippen molar-refractivity contribution < 1.29 is 22.7 Å². The van der Waals surface area contributed by atoms with Crippen LogP contribution in [-0.4, -0.2) is 12.6 Å². The van der Waals surface area contributed by atoms with E-state index in [0.29, 0.717) is 6.07 Å².